The van der Waals surface area contributed by atoms with Gasteiger partial charge in [0, 0.05) is 6.61 Å². The second-order valence-electron chi connectivity index (χ2n) is 5.03. The summed E-state index contributed by atoms with van der Waals surface area (Å²) in [7, 11) is 2.01. The Morgan fingerprint density at radius 3 is 2.63 bits per heavy atom. The summed E-state index contributed by atoms with van der Waals surface area (Å²) in [5, 5.41) is 3.41. The van der Waals surface area contributed by atoms with Crippen molar-refractivity contribution in [2.75, 3.05) is 20.3 Å². The van der Waals surface area contributed by atoms with Gasteiger partial charge in [0.05, 0.1) is 18.8 Å². The van der Waals surface area contributed by atoms with Gasteiger partial charge in [0.15, 0.2) is 0 Å². The van der Waals surface area contributed by atoms with Crippen molar-refractivity contribution in [1.29, 1.82) is 0 Å². The molecule has 3 nitrogen and oxygen atoms in total. The summed E-state index contributed by atoms with van der Waals surface area (Å²) in [6, 6.07) is 8.58. The van der Waals surface area contributed by atoms with Gasteiger partial charge in [0.2, 0.25) is 0 Å². The molecule has 0 saturated heterocycles. The molecule has 2 rings (SSSR count). The molecular formula is C16H25NO2. The Kier molecular flexibility index (Phi) is 5.23. The van der Waals surface area contributed by atoms with Crippen LogP contribution in [0.4, 0.5) is 0 Å². The first-order valence-corrected chi connectivity index (χ1v) is 7.31. The van der Waals surface area contributed by atoms with Crippen LogP contribution >= 0.6 is 0 Å². The van der Waals surface area contributed by atoms with Gasteiger partial charge in [0.25, 0.3) is 0 Å². The van der Waals surface area contributed by atoms with E-state index in [1.807, 2.05) is 20.0 Å². The average molecular weight is 263 g/mol. The highest BCUT2D eigenvalue weighted by Crippen LogP contribution is 2.40. The fraction of sp³-hybridized carbons (Fsp3) is 0.625. The number of hydrogen-bond acceptors (Lipinski definition) is 3. The molecule has 0 bridgehead atoms. The Hall–Kier alpha value is -1.06. The van der Waals surface area contributed by atoms with Crippen molar-refractivity contribution in [1.82, 2.24) is 5.32 Å². The predicted octanol–water partition coefficient (Wildman–Crippen LogP) is 3.16. The predicted molar refractivity (Wildman–Crippen MR) is 77.5 cm³/mol. The average Bonchev–Trinajstić information content (AvgIpc) is 3.24. The van der Waals surface area contributed by atoms with Crippen molar-refractivity contribution in [3.63, 3.8) is 0 Å². The molecule has 2 unspecified atom stereocenters. The molecule has 1 aromatic rings. The van der Waals surface area contributed by atoms with Gasteiger partial charge in [-0.2, -0.15) is 0 Å². The molecule has 0 heterocycles. The molecule has 0 amide bonds. The maximum Gasteiger partial charge on any atom is 0.119 e. The first kappa shape index (κ1) is 14.4. The Bertz CT molecular complexity index is 390. The summed E-state index contributed by atoms with van der Waals surface area (Å²) < 4.78 is 11.6. The fourth-order valence-corrected chi connectivity index (χ4v) is 2.61. The van der Waals surface area contributed by atoms with Crippen LogP contribution in [-0.2, 0) is 4.74 Å². The molecule has 2 atom stereocenters. The molecule has 1 saturated carbocycles. The smallest absolute Gasteiger partial charge is 0.119 e. The fourth-order valence-electron chi connectivity index (χ4n) is 2.61. The van der Waals surface area contributed by atoms with Crippen molar-refractivity contribution in [3.05, 3.63) is 29.8 Å². The van der Waals surface area contributed by atoms with Crippen LogP contribution in [0.1, 0.15) is 38.3 Å². The van der Waals surface area contributed by atoms with Crippen molar-refractivity contribution in [2.45, 2.75) is 38.8 Å². The molecule has 19 heavy (non-hydrogen) atoms. The Balaban J connectivity index is 2.16. The highest BCUT2D eigenvalue weighted by molar-refractivity contribution is 5.31. The van der Waals surface area contributed by atoms with Gasteiger partial charge in [-0.3, -0.25) is 0 Å². The summed E-state index contributed by atoms with van der Waals surface area (Å²) >= 11 is 0. The van der Waals surface area contributed by atoms with Crippen LogP contribution in [0, 0.1) is 5.92 Å². The number of nitrogens with one attached hydrogen (secondary N) is 1. The molecule has 0 aromatic heterocycles. The molecular weight excluding hydrogens is 238 g/mol. The van der Waals surface area contributed by atoms with E-state index in [-0.39, 0.29) is 12.1 Å². The van der Waals surface area contributed by atoms with Crippen molar-refractivity contribution in [2.24, 2.45) is 5.92 Å². The maximum absolute atomic E-state index is 5.97. The lowest BCUT2D eigenvalue weighted by atomic mass is 9.98. The molecule has 1 aliphatic rings. The van der Waals surface area contributed by atoms with Gasteiger partial charge < -0.3 is 14.8 Å². The van der Waals surface area contributed by atoms with E-state index in [2.05, 4.69) is 30.4 Å². The van der Waals surface area contributed by atoms with E-state index < -0.39 is 0 Å². The van der Waals surface area contributed by atoms with Crippen molar-refractivity contribution < 1.29 is 9.47 Å². The molecule has 1 fully saturated rings. The van der Waals surface area contributed by atoms with E-state index in [9.17, 15) is 0 Å². The standard InChI is InChI=1S/C16H25NO2/c1-4-18-14-8-6-7-13(11-14)15(17-3)16(19-5-2)12-9-10-12/h6-8,11-12,15-17H,4-5,9-10H2,1-3H3. The van der Waals surface area contributed by atoms with Crippen molar-refractivity contribution >= 4 is 0 Å². The Labute approximate surface area is 116 Å². The summed E-state index contributed by atoms with van der Waals surface area (Å²) in [5.74, 6) is 1.64. The lowest BCUT2D eigenvalue weighted by Gasteiger charge is -2.27. The van der Waals surface area contributed by atoms with E-state index in [4.69, 9.17) is 9.47 Å². The minimum atomic E-state index is 0.243. The van der Waals surface area contributed by atoms with E-state index in [0.717, 1.165) is 12.4 Å². The Morgan fingerprint density at radius 2 is 2.05 bits per heavy atom. The quantitative estimate of drug-likeness (QED) is 0.781. The number of hydrogen-bond donors (Lipinski definition) is 1. The van der Waals surface area contributed by atoms with Gasteiger partial charge in [-0.15, -0.1) is 0 Å². The Morgan fingerprint density at radius 1 is 1.26 bits per heavy atom. The molecule has 0 radical (unpaired) electrons. The highest BCUT2D eigenvalue weighted by Gasteiger charge is 2.37. The molecule has 0 aliphatic heterocycles. The van der Waals surface area contributed by atoms with Gasteiger partial charge in [-0.25, -0.2) is 0 Å². The SMILES string of the molecule is CCOc1cccc(C(NC)C(OCC)C2CC2)c1. The van der Waals surface area contributed by atoms with Gasteiger partial charge in [-0.1, -0.05) is 12.1 Å². The molecule has 0 spiro atoms. The number of rotatable bonds is 8. The highest BCUT2D eigenvalue weighted by atomic mass is 16.5. The van der Waals surface area contributed by atoms with Gasteiger partial charge >= 0.3 is 0 Å². The summed E-state index contributed by atoms with van der Waals surface area (Å²) in [4.78, 5) is 0. The summed E-state index contributed by atoms with van der Waals surface area (Å²) in [5.41, 5.74) is 1.25. The van der Waals surface area contributed by atoms with Crippen LogP contribution in [0.5, 0.6) is 5.75 Å². The topological polar surface area (TPSA) is 30.5 Å². The lowest BCUT2D eigenvalue weighted by molar-refractivity contribution is 0.0204. The van der Waals surface area contributed by atoms with Crippen LogP contribution in [0.3, 0.4) is 0 Å². The molecule has 1 N–H and O–H groups in total. The van der Waals surface area contributed by atoms with Gasteiger partial charge in [-0.05, 0) is 57.4 Å². The maximum atomic E-state index is 5.97. The number of likely N-dealkylation sites (N-methyl/N-ethyl adjacent to an activating group) is 1. The van der Waals surface area contributed by atoms with E-state index in [0.29, 0.717) is 12.5 Å². The van der Waals surface area contributed by atoms with E-state index >= 15 is 0 Å². The third kappa shape index (κ3) is 3.71. The molecule has 1 aromatic carbocycles. The van der Waals surface area contributed by atoms with Crippen LogP contribution in [0.25, 0.3) is 0 Å². The monoisotopic (exact) mass is 263 g/mol. The molecule has 1 aliphatic carbocycles. The van der Waals surface area contributed by atoms with E-state index in [1.54, 1.807) is 0 Å². The number of benzene rings is 1. The zero-order valence-electron chi connectivity index (χ0n) is 12.2. The van der Waals surface area contributed by atoms with Crippen LogP contribution in [0.15, 0.2) is 24.3 Å². The second kappa shape index (κ2) is 6.92. The lowest BCUT2D eigenvalue weighted by Crippen LogP contribution is -2.33. The minimum absolute atomic E-state index is 0.243. The zero-order valence-corrected chi connectivity index (χ0v) is 12.2. The van der Waals surface area contributed by atoms with E-state index in [1.165, 1.54) is 18.4 Å². The molecule has 3 heteroatoms. The summed E-state index contributed by atoms with van der Waals surface area (Å²) in [6.45, 7) is 5.55. The molecule has 106 valence electrons. The first-order chi connectivity index (χ1) is 9.30. The second-order valence-corrected chi connectivity index (χ2v) is 5.03. The largest absolute Gasteiger partial charge is 0.494 e. The van der Waals surface area contributed by atoms with Crippen LogP contribution in [-0.4, -0.2) is 26.4 Å². The number of ether oxygens (including phenoxy) is 2. The van der Waals surface area contributed by atoms with Crippen LogP contribution in [0.2, 0.25) is 0 Å². The summed E-state index contributed by atoms with van der Waals surface area (Å²) in [6.07, 6.45) is 2.84. The van der Waals surface area contributed by atoms with Crippen molar-refractivity contribution in [3.8, 4) is 5.75 Å². The zero-order chi connectivity index (χ0) is 13.7. The first-order valence-electron chi connectivity index (χ1n) is 7.31. The minimum Gasteiger partial charge on any atom is -0.494 e. The third-order valence-corrected chi connectivity index (χ3v) is 3.61. The van der Waals surface area contributed by atoms with Crippen LogP contribution < -0.4 is 10.1 Å². The van der Waals surface area contributed by atoms with Gasteiger partial charge in [0.1, 0.15) is 5.75 Å². The normalized spacial score (nSPS) is 18.1. The third-order valence-electron chi connectivity index (χ3n) is 3.61.